The first-order valence-corrected chi connectivity index (χ1v) is 8.34. The van der Waals surface area contributed by atoms with Gasteiger partial charge in [0.25, 0.3) is 0 Å². The number of hydrogen-bond donors (Lipinski definition) is 0. The zero-order chi connectivity index (χ0) is 15.4. The van der Waals surface area contributed by atoms with E-state index < -0.39 is 0 Å². The largest absolute Gasteiger partial charge is 0.493 e. The van der Waals surface area contributed by atoms with Crippen LogP contribution in [0.3, 0.4) is 0 Å². The van der Waals surface area contributed by atoms with E-state index in [1.54, 1.807) is 25.3 Å². The molecule has 2 aromatic carbocycles. The van der Waals surface area contributed by atoms with E-state index in [-0.39, 0.29) is 12.4 Å². The summed E-state index contributed by atoms with van der Waals surface area (Å²) in [5.41, 5.74) is 1.67. The van der Waals surface area contributed by atoms with Crippen LogP contribution in [0, 0.1) is 5.82 Å². The minimum absolute atomic E-state index is 0.183. The van der Waals surface area contributed by atoms with Crippen LogP contribution < -0.4 is 9.47 Å². The highest BCUT2D eigenvalue weighted by atomic mass is 79.9. The molecule has 2 rings (SSSR count). The normalized spacial score (nSPS) is 10.5. The summed E-state index contributed by atoms with van der Waals surface area (Å²) in [4.78, 5) is 0. The molecule has 0 atom stereocenters. The van der Waals surface area contributed by atoms with Crippen molar-refractivity contribution in [3.8, 4) is 11.5 Å². The Morgan fingerprint density at radius 1 is 1.29 bits per heavy atom. The quantitative estimate of drug-likeness (QED) is 0.556. The Balaban J connectivity index is 2.25. The second kappa shape index (κ2) is 7.47. The first kappa shape index (κ1) is 16.6. The molecule has 0 aliphatic rings. The smallest absolute Gasteiger partial charge is 0.180 e. The molecule has 2 nitrogen and oxygen atoms in total. The van der Waals surface area contributed by atoms with Crippen molar-refractivity contribution in [2.75, 3.05) is 7.11 Å². The van der Waals surface area contributed by atoms with Crippen LogP contribution >= 0.6 is 43.5 Å². The number of benzene rings is 2. The lowest BCUT2D eigenvalue weighted by Crippen LogP contribution is -2.00. The third-order valence-corrected chi connectivity index (χ3v) is 4.66. The second-order valence-corrected chi connectivity index (χ2v) is 6.01. The van der Waals surface area contributed by atoms with E-state index in [2.05, 4.69) is 31.9 Å². The van der Waals surface area contributed by atoms with Crippen molar-refractivity contribution in [1.29, 1.82) is 0 Å². The van der Waals surface area contributed by atoms with Crippen molar-refractivity contribution in [3.05, 3.63) is 56.8 Å². The number of ether oxygens (including phenoxy) is 2. The SMILES string of the molecule is COc1cc(CBr)cc(Cl)c1OCc1cccc(F)c1Br. The predicted molar refractivity (Wildman–Crippen MR) is 89.1 cm³/mol. The van der Waals surface area contributed by atoms with Gasteiger partial charge in [-0.2, -0.15) is 0 Å². The number of methoxy groups -OCH3 is 1. The van der Waals surface area contributed by atoms with Crippen molar-refractivity contribution in [3.63, 3.8) is 0 Å². The second-order valence-electron chi connectivity index (χ2n) is 4.24. The molecule has 0 saturated heterocycles. The molecule has 0 aromatic heterocycles. The van der Waals surface area contributed by atoms with Gasteiger partial charge in [-0.1, -0.05) is 39.7 Å². The van der Waals surface area contributed by atoms with Gasteiger partial charge in [0.2, 0.25) is 0 Å². The summed E-state index contributed by atoms with van der Waals surface area (Å²) < 4.78 is 24.9. The van der Waals surface area contributed by atoms with Crippen molar-refractivity contribution >= 4 is 43.5 Å². The summed E-state index contributed by atoms with van der Waals surface area (Å²) in [6.07, 6.45) is 0. The molecule has 0 aliphatic heterocycles. The summed E-state index contributed by atoms with van der Waals surface area (Å²) in [6, 6.07) is 8.43. The van der Waals surface area contributed by atoms with Gasteiger partial charge < -0.3 is 9.47 Å². The molecule has 0 N–H and O–H groups in total. The lowest BCUT2D eigenvalue weighted by atomic mass is 10.2. The van der Waals surface area contributed by atoms with E-state index in [0.29, 0.717) is 31.9 Å². The van der Waals surface area contributed by atoms with Crippen LogP contribution in [0.2, 0.25) is 5.02 Å². The fourth-order valence-electron chi connectivity index (χ4n) is 1.80. The average molecular weight is 439 g/mol. The lowest BCUT2D eigenvalue weighted by molar-refractivity contribution is 0.283. The van der Waals surface area contributed by atoms with Crippen molar-refractivity contribution in [2.24, 2.45) is 0 Å². The molecule has 0 fully saturated rings. The monoisotopic (exact) mass is 436 g/mol. The molecular weight excluding hydrogens is 426 g/mol. The maximum Gasteiger partial charge on any atom is 0.180 e. The molecule has 0 radical (unpaired) electrons. The predicted octanol–water partition coefficient (Wildman–Crippen LogP) is 5.72. The molecule has 0 bridgehead atoms. The van der Waals surface area contributed by atoms with Crippen LogP contribution in [0.1, 0.15) is 11.1 Å². The molecule has 0 amide bonds. The molecule has 0 heterocycles. The summed E-state index contributed by atoms with van der Waals surface area (Å²) >= 11 is 12.8. The highest BCUT2D eigenvalue weighted by Crippen LogP contribution is 2.37. The van der Waals surface area contributed by atoms with E-state index in [1.807, 2.05) is 6.07 Å². The van der Waals surface area contributed by atoms with Crippen LogP contribution in [0.5, 0.6) is 11.5 Å². The fraction of sp³-hybridized carbons (Fsp3) is 0.200. The topological polar surface area (TPSA) is 18.5 Å². The van der Waals surface area contributed by atoms with Crippen molar-refractivity contribution < 1.29 is 13.9 Å². The maximum absolute atomic E-state index is 13.5. The van der Waals surface area contributed by atoms with Gasteiger partial charge in [-0.15, -0.1) is 0 Å². The van der Waals surface area contributed by atoms with E-state index >= 15 is 0 Å². The van der Waals surface area contributed by atoms with Gasteiger partial charge in [0.05, 0.1) is 16.6 Å². The summed E-state index contributed by atoms with van der Waals surface area (Å²) in [5.74, 6) is 0.660. The van der Waals surface area contributed by atoms with Crippen LogP contribution in [0.4, 0.5) is 4.39 Å². The zero-order valence-corrected chi connectivity index (χ0v) is 15.1. The minimum atomic E-state index is -0.330. The van der Waals surface area contributed by atoms with E-state index in [0.717, 1.165) is 5.56 Å². The third kappa shape index (κ3) is 3.90. The lowest BCUT2D eigenvalue weighted by Gasteiger charge is -2.14. The van der Waals surface area contributed by atoms with Gasteiger partial charge in [-0.25, -0.2) is 4.39 Å². The van der Waals surface area contributed by atoms with Gasteiger partial charge in [-0.3, -0.25) is 0 Å². The van der Waals surface area contributed by atoms with Gasteiger partial charge in [0.15, 0.2) is 11.5 Å². The zero-order valence-electron chi connectivity index (χ0n) is 11.1. The maximum atomic E-state index is 13.5. The third-order valence-electron chi connectivity index (χ3n) is 2.85. The highest BCUT2D eigenvalue weighted by Gasteiger charge is 2.13. The summed E-state index contributed by atoms with van der Waals surface area (Å²) in [6.45, 7) is 0.183. The number of alkyl halides is 1. The van der Waals surface area contributed by atoms with Crippen molar-refractivity contribution in [1.82, 2.24) is 0 Å². The Bertz CT molecular complexity index is 650. The molecule has 0 aliphatic carbocycles. The Hall–Kier alpha value is -0.780. The Morgan fingerprint density at radius 3 is 2.71 bits per heavy atom. The number of hydrogen-bond acceptors (Lipinski definition) is 2. The summed E-state index contributed by atoms with van der Waals surface area (Å²) in [7, 11) is 1.55. The molecule has 21 heavy (non-hydrogen) atoms. The Labute approximate surface area is 144 Å². The molecule has 0 spiro atoms. The Morgan fingerprint density at radius 2 is 2.05 bits per heavy atom. The number of rotatable bonds is 5. The van der Waals surface area contributed by atoms with Crippen LogP contribution in [-0.2, 0) is 11.9 Å². The number of halogens is 4. The van der Waals surface area contributed by atoms with Gasteiger partial charge in [-0.05, 0) is 39.7 Å². The van der Waals surface area contributed by atoms with Gasteiger partial charge >= 0.3 is 0 Å². The molecule has 2 aromatic rings. The molecular formula is C15H12Br2ClFO2. The Kier molecular flexibility index (Phi) is 5.90. The van der Waals surface area contributed by atoms with E-state index in [4.69, 9.17) is 21.1 Å². The van der Waals surface area contributed by atoms with E-state index in [1.165, 1.54) is 6.07 Å². The summed E-state index contributed by atoms with van der Waals surface area (Å²) in [5, 5.41) is 1.12. The van der Waals surface area contributed by atoms with Crippen LogP contribution in [0.25, 0.3) is 0 Å². The van der Waals surface area contributed by atoms with Gasteiger partial charge in [0.1, 0.15) is 12.4 Å². The first-order chi connectivity index (χ1) is 10.1. The average Bonchev–Trinajstić information content (AvgIpc) is 2.49. The first-order valence-electron chi connectivity index (χ1n) is 6.05. The molecule has 0 unspecified atom stereocenters. The van der Waals surface area contributed by atoms with Crippen LogP contribution in [0.15, 0.2) is 34.8 Å². The standard InChI is InChI=1S/C15H12Br2ClFO2/c1-20-13-6-9(7-16)5-11(18)15(13)21-8-10-3-2-4-12(19)14(10)17/h2-6H,7-8H2,1H3. The fourth-order valence-corrected chi connectivity index (χ4v) is 2.79. The van der Waals surface area contributed by atoms with Gasteiger partial charge in [0, 0.05) is 10.9 Å². The van der Waals surface area contributed by atoms with Crippen molar-refractivity contribution in [2.45, 2.75) is 11.9 Å². The molecule has 6 heteroatoms. The minimum Gasteiger partial charge on any atom is -0.493 e. The van der Waals surface area contributed by atoms with E-state index in [9.17, 15) is 4.39 Å². The van der Waals surface area contributed by atoms with Crippen LogP contribution in [-0.4, -0.2) is 7.11 Å². The molecule has 112 valence electrons. The molecule has 0 saturated carbocycles. The highest BCUT2D eigenvalue weighted by molar-refractivity contribution is 9.10.